The molecule has 0 bridgehead atoms. The summed E-state index contributed by atoms with van der Waals surface area (Å²) in [7, 11) is 1.00. The highest BCUT2D eigenvalue weighted by molar-refractivity contribution is 6.02. The molecule has 14 heteroatoms. The van der Waals surface area contributed by atoms with Gasteiger partial charge in [-0.3, -0.25) is 23.7 Å². The van der Waals surface area contributed by atoms with E-state index in [4.69, 9.17) is 16.6 Å². The Kier molecular flexibility index (Phi) is 14.9. The maximum Gasteiger partial charge on any atom is 0.278 e. The zero-order chi connectivity index (χ0) is 34.2. The zero-order valence-electron chi connectivity index (χ0n) is 26.4. The first-order chi connectivity index (χ1) is 22.0. The number of amides is 3. The lowest BCUT2D eigenvalue weighted by atomic mass is 10.0. The second-order valence-electron chi connectivity index (χ2n) is 10.2. The van der Waals surface area contributed by atoms with Crippen molar-refractivity contribution in [3.8, 4) is 0 Å². The third-order valence-corrected chi connectivity index (χ3v) is 6.76. The SMILES string of the molecule is CC(N)=NC(=O)c1cccc(F)c1.CCCC/C(=C\c1cnc(N)cc1C)CNC(=O)C1CCc2ncc(NC=O)c(=O)n21.CO. The van der Waals surface area contributed by atoms with Crippen LogP contribution in [0.3, 0.4) is 0 Å². The van der Waals surface area contributed by atoms with E-state index in [0.29, 0.717) is 37.4 Å². The first kappa shape index (κ1) is 36.9. The molecule has 0 radical (unpaired) electrons. The number of pyridine rings is 1. The van der Waals surface area contributed by atoms with Gasteiger partial charge in [0.2, 0.25) is 12.3 Å². The highest BCUT2D eigenvalue weighted by Gasteiger charge is 2.31. The summed E-state index contributed by atoms with van der Waals surface area (Å²) in [6.07, 6.45) is 9.44. The number of aliphatic hydroxyl groups excluding tert-OH is 1. The molecule has 0 saturated carbocycles. The van der Waals surface area contributed by atoms with Crippen LogP contribution in [0.5, 0.6) is 0 Å². The number of hydrogen-bond acceptors (Lipinski definition) is 8. The van der Waals surface area contributed by atoms with Gasteiger partial charge in [-0.1, -0.05) is 31.1 Å². The molecule has 46 heavy (non-hydrogen) atoms. The number of fused-ring (bicyclic) bond motifs is 1. The molecule has 1 aliphatic heterocycles. The molecule has 2 aromatic heterocycles. The summed E-state index contributed by atoms with van der Waals surface area (Å²) in [6, 6.07) is 6.49. The summed E-state index contributed by atoms with van der Waals surface area (Å²) in [5, 5.41) is 12.3. The maximum absolute atomic E-state index is 12.9. The number of amidine groups is 1. The molecule has 246 valence electrons. The number of aromatic nitrogens is 3. The fourth-order valence-electron chi connectivity index (χ4n) is 4.56. The third-order valence-electron chi connectivity index (χ3n) is 6.76. The van der Waals surface area contributed by atoms with Gasteiger partial charge in [0.25, 0.3) is 11.5 Å². The summed E-state index contributed by atoms with van der Waals surface area (Å²) in [4.78, 5) is 59.3. The van der Waals surface area contributed by atoms with Crippen LogP contribution in [0.1, 0.15) is 72.9 Å². The number of aliphatic imine (C=N–C) groups is 1. The molecule has 4 rings (SSSR count). The smallest absolute Gasteiger partial charge is 0.278 e. The topological polar surface area (TPSA) is 208 Å². The molecule has 13 nitrogen and oxygen atoms in total. The Morgan fingerprint density at radius 1 is 1.22 bits per heavy atom. The van der Waals surface area contributed by atoms with Crippen molar-refractivity contribution >= 4 is 41.6 Å². The molecular formula is C32H41FN8O5. The molecule has 0 spiro atoms. The van der Waals surface area contributed by atoms with Gasteiger partial charge in [-0.15, -0.1) is 0 Å². The van der Waals surface area contributed by atoms with Crippen LogP contribution in [0.4, 0.5) is 15.9 Å². The molecule has 3 aromatic rings. The number of nitrogen functional groups attached to an aromatic ring is 1. The lowest BCUT2D eigenvalue weighted by Gasteiger charge is -2.16. The summed E-state index contributed by atoms with van der Waals surface area (Å²) in [5.41, 5.74) is 13.8. The minimum Gasteiger partial charge on any atom is -0.400 e. The first-order valence-electron chi connectivity index (χ1n) is 14.6. The van der Waals surface area contributed by atoms with Crippen LogP contribution in [0.25, 0.3) is 6.08 Å². The molecule has 7 N–H and O–H groups in total. The average Bonchev–Trinajstić information content (AvgIpc) is 3.47. The molecule has 1 aliphatic rings. The molecular weight excluding hydrogens is 595 g/mol. The van der Waals surface area contributed by atoms with Crippen molar-refractivity contribution in [3.05, 3.63) is 87.0 Å². The number of nitrogens with two attached hydrogens (primary N) is 2. The van der Waals surface area contributed by atoms with Crippen LogP contribution in [-0.4, -0.2) is 57.4 Å². The Balaban J connectivity index is 0.000000410. The van der Waals surface area contributed by atoms with Crippen molar-refractivity contribution in [2.24, 2.45) is 10.7 Å². The lowest BCUT2D eigenvalue weighted by molar-refractivity contribution is -0.124. The van der Waals surface area contributed by atoms with Gasteiger partial charge in [0.05, 0.1) is 6.20 Å². The van der Waals surface area contributed by atoms with Gasteiger partial charge in [0.15, 0.2) is 0 Å². The standard InChI is InChI=1S/C22H28N6O3.C9H9FN2O.CH4O/c1-3-4-5-15(9-16-11-24-19(23)8-14(16)2)10-26-21(30)18-6-7-20-25-12-17(27-13-29)22(31)28(18)20;1-6(11)12-9(13)7-3-2-4-8(10)5-7;1-2/h8-9,11-13,18H,3-7,10H2,1-2H3,(H2,23,24)(H,26,30)(H,27,29);2-5H,1H3,(H2,11,12,13);2H,1H3/b15-9+;;. The van der Waals surface area contributed by atoms with E-state index in [-0.39, 0.29) is 23.0 Å². The highest BCUT2D eigenvalue weighted by Crippen LogP contribution is 2.23. The number of nitrogens with one attached hydrogen (secondary N) is 2. The van der Waals surface area contributed by atoms with Crippen molar-refractivity contribution in [2.75, 3.05) is 24.7 Å². The van der Waals surface area contributed by atoms with E-state index < -0.39 is 23.3 Å². The van der Waals surface area contributed by atoms with Crippen LogP contribution in [0, 0.1) is 12.7 Å². The Labute approximate surface area is 266 Å². The van der Waals surface area contributed by atoms with Gasteiger partial charge < -0.3 is 27.2 Å². The fraction of sp³-hybridized carbons (Fsp3) is 0.344. The number of aryl methyl sites for hydroxylation is 2. The van der Waals surface area contributed by atoms with Gasteiger partial charge in [-0.25, -0.2) is 14.4 Å². The van der Waals surface area contributed by atoms with Crippen molar-refractivity contribution < 1.29 is 23.9 Å². The number of anilines is 2. The molecule has 3 heterocycles. The normalized spacial score (nSPS) is 13.7. The van der Waals surface area contributed by atoms with E-state index in [2.05, 4.69) is 32.5 Å². The third kappa shape index (κ3) is 10.7. The molecule has 1 atom stereocenters. The van der Waals surface area contributed by atoms with Crippen molar-refractivity contribution in [1.82, 2.24) is 19.9 Å². The largest absolute Gasteiger partial charge is 0.400 e. The van der Waals surface area contributed by atoms with Crippen LogP contribution in [-0.2, 0) is 16.0 Å². The van der Waals surface area contributed by atoms with E-state index >= 15 is 0 Å². The summed E-state index contributed by atoms with van der Waals surface area (Å²) in [5.74, 6) is -0.0442. The molecule has 1 aromatic carbocycles. The average molecular weight is 637 g/mol. The summed E-state index contributed by atoms with van der Waals surface area (Å²) >= 11 is 0. The number of carbonyl (C=O) groups is 3. The summed E-state index contributed by atoms with van der Waals surface area (Å²) < 4.78 is 14.0. The number of unbranched alkanes of at least 4 members (excludes halogenated alkanes) is 1. The second-order valence-corrected chi connectivity index (χ2v) is 10.2. The van der Waals surface area contributed by atoms with E-state index in [1.54, 1.807) is 6.20 Å². The number of aliphatic hydroxyl groups is 1. The maximum atomic E-state index is 12.9. The van der Waals surface area contributed by atoms with E-state index in [1.165, 1.54) is 35.9 Å². The van der Waals surface area contributed by atoms with Gasteiger partial charge in [0, 0.05) is 31.8 Å². The number of benzene rings is 1. The number of hydrogen-bond donors (Lipinski definition) is 5. The van der Waals surface area contributed by atoms with Gasteiger partial charge in [-0.2, -0.15) is 4.99 Å². The Morgan fingerprint density at radius 3 is 2.59 bits per heavy atom. The Morgan fingerprint density at radius 2 is 1.96 bits per heavy atom. The van der Waals surface area contributed by atoms with Crippen LogP contribution < -0.4 is 27.7 Å². The van der Waals surface area contributed by atoms with Crippen molar-refractivity contribution in [1.29, 1.82) is 0 Å². The minimum atomic E-state index is -0.643. The fourth-order valence-corrected chi connectivity index (χ4v) is 4.56. The van der Waals surface area contributed by atoms with Gasteiger partial charge in [0.1, 0.15) is 35.0 Å². The molecule has 0 saturated heterocycles. The number of halogens is 1. The van der Waals surface area contributed by atoms with E-state index in [1.807, 2.05) is 19.1 Å². The van der Waals surface area contributed by atoms with Crippen molar-refractivity contribution in [2.45, 2.75) is 58.9 Å². The number of rotatable bonds is 10. The van der Waals surface area contributed by atoms with Crippen LogP contribution in [0.15, 0.2) is 58.1 Å². The number of nitrogens with zero attached hydrogens (tertiary/aromatic N) is 4. The predicted octanol–water partition coefficient (Wildman–Crippen LogP) is 2.93. The van der Waals surface area contributed by atoms with E-state index in [9.17, 15) is 23.6 Å². The minimum absolute atomic E-state index is 0.0632. The quantitative estimate of drug-likeness (QED) is 0.126. The lowest BCUT2D eigenvalue weighted by Crippen LogP contribution is -2.37. The van der Waals surface area contributed by atoms with Crippen molar-refractivity contribution in [3.63, 3.8) is 0 Å². The van der Waals surface area contributed by atoms with Crippen LogP contribution in [0.2, 0.25) is 0 Å². The second kappa shape index (κ2) is 18.5. The van der Waals surface area contributed by atoms with E-state index in [0.717, 1.165) is 49.1 Å². The molecule has 3 amide bonds. The highest BCUT2D eigenvalue weighted by atomic mass is 19.1. The van der Waals surface area contributed by atoms with Gasteiger partial charge >= 0.3 is 0 Å². The predicted molar refractivity (Wildman–Crippen MR) is 176 cm³/mol. The number of carbonyl (C=O) groups excluding carboxylic acids is 3. The van der Waals surface area contributed by atoms with Crippen LogP contribution >= 0.6 is 0 Å². The molecule has 1 unspecified atom stereocenters. The monoisotopic (exact) mass is 636 g/mol. The molecule has 0 aliphatic carbocycles. The Hall–Kier alpha value is -5.24. The zero-order valence-corrected chi connectivity index (χ0v) is 26.4. The van der Waals surface area contributed by atoms with Gasteiger partial charge in [-0.05, 0) is 68.5 Å². The Bertz CT molecular complexity index is 1630. The summed E-state index contributed by atoms with van der Waals surface area (Å²) in [6.45, 7) is 5.96. The molecule has 0 fully saturated rings. The first-order valence-corrected chi connectivity index (χ1v) is 14.6.